The molecular formula is C21H29NO4. The monoisotopic (exact) mass is 359 g/mol. The predicted octanol–water partition coefficient (Wildman–Crippen LogP) is 4.42. The van der Waals surface area contributed by atoms with Crippen molar-refractivity contribution >= 4 is 18.1 Å². The molecule has 0 bridgehead atoms. The quantitative estimate of drug-likeness (QED) is 0.730. The van der Waals surface area contributed by atoms with Crippen LogP contribution in [0.5, 0.6) is 0 Å². The summed E-state index contributed by atoms with van der Waals surface area (Å²) in [4.78, 5) is 26.4. The number of carbonyl (C=O) groups excluding carboxylic acids is 2. The predicted molar refractivity (Wildman–Crippen MR) is 102 cm³/mol. The second-order valence-electron chi connectivity index (χ2n) is 7.44. The highest BCUT2D eigenvalue weighted by Gasteiger charge is 2.35. The van der Waals surface area contributed by atoms with Crippen LogP contribution < -0.4 is 0 Å². The number of nitrogens with zero attached hydrogens (tertiary/aromatic N) is 1. The summed E-state index contributed by atoms with van der Waals surface area (Å²) in [5, 5.41) is 0. The molecule has 0 N–H and O–H groups in total. The Hall–Kier alpha value is -2.30. The van der Waals surface area contributed by atoms with E-state index in [0.29, 0.717) is 13.2 Å². The van der Waals surface area contributed by atoms with Crippen molar-refractivity contribution in [3.05, 3.63) is 41.5 Å². The van der Waals surface area contributed by atoms with Gasteiger partial charge in [0.1, 0.15) is 5.60 Å². The molecule has 142 valence electrons. The molecular weight excluding hydrogens is 330 g/mol. The molecule has 5 nitrogen and oxygen atoms in total. The minimum Gasteiger partial charge on any atom is -0.466 e. The summed E-state index contributed by atoms with van der Waals surface area (Å²) in [5.74, 6) is -0.272. The minimum absolute atomic E-state index is 0.144. The smallest absolute Gasteiger partial charge is 0.410 e. The highest BCUT2D eigenvalue weighted by Crippen LogP contribution is 2.29. The minimum atomic E-state index is -0.547. The highest BCUT2D eigenvalue weighted by molar-refractivity contribution is 5.77. The van der Waals surface area contributed by atoms with Gasteiger partial charge in [-0.25, -0.2) is 4.79 Å². The van der Waals surface area contributed by atoms with Crippen LogP contribution >= 0.6 is 0 Å². The van der Waals surface area contributed by atoms with E-state index in [4.69, 9.17) is 9.47 Å². The average Bonchev–Trinajstić information content (AvgIpc) is 3.03. The van der Waals surface area contributed by atoms with E-state index in [0.717, 1.165) is 24.0 Å². The third-order valence-electron chi connectivity index (χ3n) is 4.11. The molecule has 1 amide bonds. The van der Waals surface area contributed by atoms with Gasteiger partial charge in [0, 0.05) is 6.54 Å². The second-order valence-corrected chi connectivity index (χ2v) is 7.44. The normalized spacial score (nSPS) is 17.9. The van der Waals surface area contributed by atoms with E-state index in [1.165, 1.54) is 0 Å². The molecule has 5 heteroatoms. The molecule has 1 fully saturated rings. The van der Waals surface area contributed by atoms with Crippen LogP contribution in [0, 0.1) is 0 Å². The lowest BCUT2D eigenvalue weighted by molar-refractivity contribution is -0.142. The van der Waals surface area contributed by atoms with Gasteiger partial charge >= 0.3 is 12.1 Å². The molecule has 0 spiro atoms. The van der Waals surface area contributed by atoms with Crippen LogP contribution in [0.15, 0.2) is 35.9 Å². The molecule has 1 aromatic carbocycles. The Balaban J connectivity index is 2.26. The fraction of sp³-hybridized carbons (Fsp3) is 0.524. The van der Waals surface area contributed by atoms with Crippen LogP contribution in [0.1, 0.15) is 52.5 Å². The fourth-order valence-corrected chi connectivity index (χ4v) is 3.10. The van der Waals surface area contributed by atoms with Gasteiger partial charge in [0.15, 0.2) is 0 Å². The van der Waals surface area contributed by atoms with Crippen LogP contribution in [0.2, 0.25) is 0 Å². The highest BCUT2D eigenvalue weighted by atomic mass is 16.6. The molecule has 1 saturated heterocycles. The second kappa shape index (κ2) is 8.88. The van der Waals surface area contributed by atoms with Gasteiger partial charge in [-0.15, -0.1) is 0 Å². The summed E-state index contributed by atoms with van der Waals surface area (Å²) in [7, 11) is 0. The van der Waals surface area contributed by atoms with Crippen LogP contribution in [0.3, 0.4) is 0 Å². The Morgan fingerprint density at radius 3 is 2.54 bits per heavy atom. The summed E-state index contributed by atoms with van der Waals surface area (Å²) >= 11 is 0. The topological polar surface area (TPSA) is 55.8 Å². The van der Waals surface area contributed by atoms with E-state index in [1.807, 2.05) is 57.2 Å². The molecule has 0 aliphatic carbocycles. The van der Waals surface area contributed by atoms with Gasteiger partial charge in [-0.2, -0.15) is 0 Å². The van der Waals surface area contributed by atoms with Gasteiger partial charge in [-0.05, 0) is 51.7 Å². The lowest BCUT2D eigenvalue weighted by Gasteiger charge is -2.30. The Morgan fingerprint density at radius 2 is 1.92 bits per heavy atom. The third-order valence-corrected chi connectivity index (χ3v) is 4.11. The maximum atomic E-state index is 12.6. The Bertz CT molecular complexity index is 646. The number of hydrogen-bond donors (Lipinski definition) is 0. The molecule has 0 saturated carbocycles. The summed E-state index contributed by atoms with van der Waals surface area (Å²) < 4.78 is 10.7. The Morgan fingerprint density at radius 1 is 1.23 bits per heavy atom. The van der Waals surface area contributed by atoms with E-state index in [1.54, 1.807) is 11.8 Å². The number of ether oxygens (including phenoxy) is 2. The maximum Gasteiger partial charge on any atom is 0.410 e. The van der Waals surface area contributed by atoms with Gasteiger partial charge in [0.05, 0.1) is 19.1 Å². The number of benzene rings is 1. The van der Waals surface area contributed by atoms with Crippen molar-refractivity contribution < 1.29 is 19.1 Å². The molecule has 0 aromatic heterocycles. The third kappa shape index (κ3) is 5.90. The van der Waals surface area contributed by atoms with E-state index in [-0.39, 0.29) is 24.5 Å². The Kier molecular flexibility index (Phi) is 6.83. The molecule has 1 unspecified atom stereocenters. The first-order valence-corrected chi connectivity index (χ1v) is 9.21. The number of rotatable bonds is 5. The summed E-state index contributed by atoms with van der Waals surface area (Å²) in [6, 6.07) is 9.68. The lowest BCUT2D eigenvalue weighted by atomic mass is 9.98. The van der Waals surface area contributed by atoms with Crippen LogP contribution in [-0.4, -0.2) is 41.8 Å². The van der Waals surface area contributed by atoms with Crippen LogP contribution in [0.4, 0.5) is 4.79 Å². The van der Waals surface area contributed by atoms with Crippen molar-refractivity contribution in [1.82, 2.24) is 4.90 Å². The average molecular weight is 359 g/mol. The van der Waals surface area contributed by atoms with E-state index in [9.17, 15) is 9.59 Å². The largest absolute Gasteiger partial charge is 0.466 e. The first kappa shape index (κ1) is 20.0. The SMILES string of the molecule is CCOC(=O)C/C(=C/c1ccccc1)C1CCCN1C(=O)OC(C)(C)C. The van der Waals surface area contributed by atoms with Crippen LogP contribution in [-0.2, 0) is 14.3 Å². The molecule has 1 heterocycles. The molecule has 1 aromatic rings. The van der Waals surface area contributed by atoms with Gasteiger partial charge in [-0.3, -0.25) is 4.79 Å². The Labute approximate surface area is 156 Å². The molecule has 1 atom stereocenters. The van der Waals surface area contributed by atoms with E-state index in [2.05, 4.69) is 0 Å². The zero-order valence-electron chi connectivity index (χ0n) is 16.2. The number of esters is 1. The number of hydrogen-bond acceptors (Lipinski definition) is 4. The van der Waals surface area contributed by atoms with Crippen molar-refractivity contribution in [3.8, 4) is 0 Å². The van der Waals surface area contributed by atoms with E-state index >= 15 is 0 Å². The van der Waals surface area contributed by atoms with E-state index < -0.39 is 5.60 Å². The van der Waals surface area contributed by atoms with Gasteiger partial charge < -0.3 is 14.4 Å². The standard InChI is InChI=1S/C21H29NO4/c1-5-25-19(23)15-17(14-16-10-7-6-8-11-16)18-12-9-13-22(18)20(24)26-21(2,3)4/h6-8,10-11,14,18H,5,9,12-13,15H2,1-4H3/b17-14-. The number of amides is 1. The van der Waals surface area contributed by atoms with Crippen molar-refractivity contribution in [3.63, 3.8) is 0 Å². The van der Waals surface area contributed by atoms with Crippen molar-refractivity contribution in [2.75, 3.05) is 13.2 Å². The van der Waals surface area contributed by atoms with Crippen molar-refractivity contribution in [2.24, 2.45) is 0 Å². The van der Waals surface area contributed by atoms with Crippen molar-refractivity contribution in [1.29, 1.82) is 0 Å². The molecule has 2 rings (SSSR count). The molecule has 26 heavy (non-hydrogen) atoms. The first-order chi connectivity index (χ1) is 12.3. The van der Waals surface area contributed by atoms with Crippen LogP contribution in [0.25, 0.3) is 6.08 Å². The zero-order chi connectivity index (χ0) is 19.2. The summed E-state index contributed by atoms with van der Waals surface area (Å²) in [6.45, 7) is 8.34. The summed E-state index contributed by atoms with van der Waals surface area (Å²) in [5.41, 5.74) is 1.34. The fourth-order valence-electron chi connectivity index (χ4n) is 3.10. The summed E-state index contributed by atoms with van der Waals surface area (Å²) in [6.07, 6.45) is 3.54. The lowest BCUT2D eigenvalue weighted by Crippen LogP contribution is -2.41. The van der Waals surface area contributed by atoms with Gasteiger partial charge in [0.2, 0.25) is 0 Å². The molecule has 0 radical (unpaired) electrons. The van der Waals surface area contributed by atoms with Gasteiger partial charge in [0.25, 0.3) is 0 Å². The zero-order valence-corrected chi connectivity index (χ0v) is 16.2. The maximum absolute atomic E-state index is 12.6. The van der Waals surface area contributed by atoms with Gasteiger partial charge in [-0.1, -0.05) is 36.4 Å². The first-order valence-electron chi connectivity index (χ1n) is 9.21. The number of likely N-dealkylation sites (tertiary alicyclic amines) is 1. The van der Waals surface area contributed by atoms with Crippen molar-refractivity contribution in [2.45, 2.75) is 58.6 Å². The number of carbonyl (C=O) groups is 2. The molecule has 1 aliphatic heterocycles. The molecule has 1 aliphatic rings.